The highest BCUT2D eigenvalue weighted by molar-refractivity contribution is 6.26. The van der Waals surface area contributed by atoms with Crippen molar-refractivity contribution in [3.63, 3.8) is 0 Å². The lowest BCUT2D eigenvalue weighted by Crippen LogP contribution is -2.39. The minimum absolute atomic E-state index is 0.0466. The molecule has 2 aliphatic heterocycles. The molecule has 30 heavy (non-hydrogen) atoms. The smallest absolute Gasteiger partial charge is 0.173 e. The highest BCUT2D eigenvalue weighted by atomic mass is 19.1. The fourth-order valence-electron chi connectivity index (χ4n) is 5.94. The maximum Gasteiger partial charge on any atom is 0.173 e. The van der Waals surface area contributed by atoms with Gasteiger partial charge in [-0.05, 0) is 55.2 Å². The molecule has 0 amide bonds. The van der Waals surface area contributed by atoms with E-state index in [1.54, 1.807) is 12.1 Å². The standard InChI is InChI=1S/C25H22FNO3/c1-11-8-12(2)17(13(3)9-11)19-22(28)20-21(23(19)29)25-18(16(10-27)24(20)30-25)14-4-6-15(26)7-5-14/h4-9,16,18,20-21,24-25,28H,1-3H3/t16?,18-,20+,21-,24+,25-/m1/s1. The number of carbonyl (C=O) groups excluding carboxylic acids is 1. The van der Waals surface area contributed by atoms with Crippen molar-refractivity contribution in [1.29, 1.82) is 5.26 Å². The number of fused-ring (bicyclic) bond motifs is 5. The van der Waals surface area contributed by atoms with E-state index in [1.165, 1.54) is 12.1 Å². The van der Waals surface area contributed by atoms with Crippen LogP contribution in [0.15, 0.2) is 42.2 Å². The maximum atomic E-state index is 13.6. The molecule has 2 heterocycles. The van der Waals surface area contributed by atoms with Crippen LogP contribution in [0, 0.1) is 55.7 Å². The first-order valence-corrected chi connectivity index (χ1v) is 10.2. The first-order chi connectivity index (χ1) is 14.3. The van der Waals surface area contributed by atoms with E-state index in [4.69, 9.17) is 4.74 Å². The number of ether oxygens (including phenoxy) is 1. The Morgan fingerprint density at radius 2 is 1.63 bits per heavy atom. The second-order valence-electron chi connectivity index (χ2n) is 8.75. The molecular weight excluding hydrogens is 381 g/mol. The van der Waals surface area contributed by atoms with Gasteiger partial charge in [-0.1, -0.05) is 29.8 Å². The van der Waals surface area contributed by atoms with Crippen LogP contribution >= 0.6 is 0 Å². The summed E-state index contributed by atoms with van der Waals surface area (Å²) in [5, 5.41) is 21.0. The van der Waals surface area contributed by atoms with Crippen LogP contribution in [0.25, 0.3) is 5.57 Å². The molecule has 1 aliphatic carbocycles. The van der Waals surface area contributed by atoms with Crippen LogP contribution in [0.5, 0.6) is 0 Å². The van der Waals surface area contributed by atoms with Crippen LogP contribution < -0.4 is 0 Å². The number of nitrogens with zero attached hydrogens (tertiary/aromatic N) is 1. The molecule has 2 fully saturated rings. The van der Waals surface area contributed by atoms with Gasteiger partial charge in [-0.3, -0.25) is 4.79 Å². The first-order valence-electron chi connectivity index (χ1n) is 10.2. The summed E-state index contributed by atoms with van der Waals surface area (Å²) >= 11 is 0. The van der Waals surface area contributed by atoms with Gasteiger partial charge in [-0.25, -0.2) is 4.39 Å². The summed E-state index contributed by atoms with van der Waals surface area (Å²) in [6.07, 6.45) is -1.05. The number of aryl methyl sites for hydroxylation is 3. The third kappa shape index (κ3) is 2.44. The van der Waals surface area contributed by atoms with Gasteiger partial charge in [0.25, 0.3) is 0 Å². The third-order valence-electron chi connectivity index (χ3n) is 6.96. The number of nitriles is 1. The predicted molar refractivity (Wildman–Crippen MR) is 109 cm³/mol. The summed E-state index contributed by atoms with van der Waals surface area (Å²) in [4.78, 5) is 13.6. The lowest BCUT2D eigenvalue weighted by Gasteiger charge is -2.31. The van der Waals surface area contributed by atoms with Gasteiger partial charge in [0, 0.05) is 5.92 Å². The number of benzene rings is 2. The zero-order valence-corrected chi connectivity index (χ0v) is 17.0. The lowest BCUT2D eigenvalue weighted by molar-refractivity contribution is -0.119. The van der Waals surface area contributed by atoms with Crippen molar-refractivity contribution in [3.8, 4) is 6.07 Å². The van der Waals surface area contributed by atoms with E-state index in [9.17, 15) is 19.6 Å². The Labute approximate surface area is 174 Å². The van der Waals surface area contributed by atoms with E-state index in [2.05, 4.69) is 6.07 Å². The molecule has 4 nitrogen and oxygen atoms in total. The maximum absolute atomic E-state index is 13.6. The van der Waals surface area contributed by atoms with Crippen molar-refractivity contribution in [2.24, 2.45) is 17.8 Å². The highest BCUT2D eigenvalue weighted by Crippen LogP contribution is 2.60. The summed E-state index contributed by atoms with van der Waals surface area (Å²) in [7, 11) is 0. The van der Waals surface area contributed by atoms with Gasteiger partial charge >= 0.3 is 0 Å². The number of hydrogen-bond donors (Lipinski definition) is 1. The molecule has 3 aliphatic rings. The van der Waals surface area contributed by atoms with Gasteiger partial charge in [0.15, 0.2) is 5.78 Å². The van der Waals surface area contributed by atoms with Gasteiger partial charge in [0.2, 0.25) is 0 Å². The third-order valence-corrected chi connectivity index (χ3v) is 6.96. The van der Waals surface area contributed by atoms with Gasteiger partial charge < -0.3 is 9.84 Å². The summed E-state index contributed by atoms with van der Waals surface area (Å²) in [6.45, 7) is 5.89. The molecule has 2 aromatic carbocycles. The van der Waals surface area contributed by atoms with Gasteiger partial charge in [-0.15, -0.1) is 0 Å². The Morgan fingerprint density at radius 3 is 2.23 bits per heavy atom. The van der Waals surface area contributed by atoms with Crippen molar-refractivity contribution >= 4 is 11.4 Å². The molecular formula is C25H22FNO3. The zero-order valence-electron chi connectivity index (χ0n) is 17.0. The SMILES string of the molecule is Cc1cc(C)c(C2=C(O)[C@@H]3[C@H](C2=O)[C@@H]2O[C@H]3C(C#N)[C@H]2c2ccc(F)cc2)c(C)c1. The number of halogens is 1. The number of carbonyl (C=O) groups is 1. The second kappa shape index (κ2) is 6.52. The Balaban J connectivity index is 1.60. The minimum atomic E-state index is -0.549. The van der Waals surface area contributed by atoms with E-state index in [-0.39, 0.29) is 23.3 Å². The number of allylic oxidation sites excluding steroid dienone is 1. The number of Topliss-reactive ketones (excluding diaryl/α,β-unsaturated/α-hetero) is 1. The van der Waals surface area contributed by atoms with Crippen LogP contribution in [0.1, 0.15) is 33.7 Å². The largest absolute Gasteiger partial charge is 0.511 e. The second-order valence-corrected chi connectivity index (χ2v) is 8.75. The van der Waals surface area contributed by atoms with E-state index in [0.29, 0.717) is 5.57 Å². The average Bonchev–Trinajstić information content (AvgIpc) is 3.33. The number of aliphatic hydroxyl groups excluding tert-OH is 1. The van der Waals surface area contributed by atoms with Crippen LogP contribution in [-0.2, 0) is 9.53 Å². The fourth-order valence-corrected chi connectivity index (χ4v) is 5.94. The molecule has 2 bridgehead atoms. The van der Waals surface area contributed by atoms with E-state index < -0.39 is 30.0 Å². The van der Waals surface area contributed by atoms with Crippen LogP contribution in [-0.4, -0.2) is 23.1 Å². The summed E-state index contributed by atoms with van der Waals surface area (Å²) in [5.41, 5.74) is 4.93. The van der Waals surface area contributed by atoms with Gasteiger partial charge in [0.05, 0.1) is 41.6 Å². The molecule has 0 saturated carbocycles. The highest BCUT2D eigenvalue weighted by Gasteiger charge is 2.66. The summed E-state index contributed by atoms with van der Waals surface area (Å²) in [6, 6.07) is 12.4. The minimum Gasteiger partial charge on any atom is -0.511 e. The molecule has 1 unspecified atom stereocenters. The predicted octanol–water partition coefficient (Wildman–Crippen LogP) is 4.54. The molecule has 2 aromatic rings. The van der Waals surface area contributed by atoms with E-state index in [1.807, 2.05) is 32.9 Å². The molecule has 5 heteroatoms. The molecule has 2 saturated heterocycles. The first kappa shape index (κ1) is 19.0. The molecule has 1 N–H and O–H groups in total. The molecule has 6 atom stereocenters. The summed E-state index contributed by atoms with van der Waals surface area (Å²) < 4.78 is 19.5. The fraction of sp³-hybridized carbons (Fsp3) is 0.360. The average molecular weight is 403 g/mol. The van der Waals surface area contributed by atoms with Gasteiger partial charge in [0.1, 0.15) is 11.6 Å². The Hall–Kier alpha value is -2.97. The zero-order chi connectivity index (χ0) is 21.3. The topological polar surface area (TPSA) is 70.3 Å². The molecule has 152 valence electrons. The van der Waals surface area contributed by atoms with E-state index >= 15 is 0 Å². The Kier molecular flexibility index (Phi) is 4.13. The molecule has 0 spiro atoms. The van der Waals surface area contributed by atoms with Crippen molar-refractivity contribution in [2.75, 3.05) is 0 Å². The van der Waals surface area contributed by atoms with Gasteiger partial charge in [-0.2, -0.15) is 5.26 Å². The molecule has 5 rings (SSSR count). The quantitative estimate of drug-likeness (QED) is 0.799. The Bertz CT molecular complexity index is 1120. The van der Waals surface area contributed by atoms with Crippen LogP contribution in [0.2, 0.25) is 0 Å². The van der Waals surface area contributed by atoms with Crippen LogP contribution in [0.3, 0.4) is 0 Å². The summed E-state index contributed by atoms with van der Waals surface area (Å²) in [5.74, 6) is -2.27. The van der Waals surface area contributed by atoms with Crippen molar-refractivity contribution in [2.45, 2.75) is 38.9 Å². The lowest BCUT2D eigenvalue weighted by atomic mass is 9.67. The molecule has 0 radical (unpaired) electrons. The van der Waals surface area contributed by atoms with Crippen molar-refractivity contribution < 1.29 is 19.0 Å². The normalized spacial score (nSPS) is 31.9. The van der Waals surface area contributed by atoms with Crippen molar-refractivity contribution in [1.82, 2.24) is 0 Å². The number of ketones is 1. The Morgan fingerprint density at radius 1 is 1.00 bits per heavy atom. The monoisotopic (exact) mass is 403 g/mol. The van der Waals surface area contributed by atoms with E-state index in [0.717, 1.165) is 27.8 Å². The van der Waals surface area contributed by atoms with Crippen molar-refractivity contribution in [3.05, 3.63) is 75.8 Å². The number of aliphatic hydroxyl groups is 1. The molecule has 0 aromatic heterocycles. The number of hydrogen-bond acceptors (Lipinski definition) is 4. The van der Waals surface area contributed by atoms with Crippen LogP contribution in [0.4, 0.5) is 4.39 Å². The number of rotatable bonds is 2.